The molecule has 28 heavy (non-hydrogen) atoms. The lowest BCUT2D eigenvalue weighted by Crippen LogP contribution is -2.38. The molecule has 2 rings (SSSR count). The van der Waals surface area contributed by atoms with Crippen molar-refractivity contribution in [2.24, 2.45) is 0 Å². The second kappa shape index (κ2) is 17.6. The fraction of sp³-hybridized carbons (Fsp3) is 0.773. The zero-order valence-electron chi connectivity index (χ0n) is 19.2. The molecule has 1 fully saturated rings. The summed E-state index contributed by atoms with van der Waals surface area (Å²) in [6.45, 7) is 19.6. The van der Waals surface area contributed by atoms with E-state index in [0.29, 0.717) is 18.2 Å². The quantitative estimate of drug-likeness (QED) is 0.665. The highest BCUT2D eigenvalue weighted by atomic mass is 16.5. The first-order valence-electron chi connectivity index (χ1n) is 11.1. The van der Waals surface area contributed by atoms with Crippen molar-refractivity contribution in [2.75, 3.05) is 63.2 Å². The summed E-state index contributed by atoms with van der Waals surface area (Å²) in [5.41, 5.74) is 6.73. The van der Waals surface area contributed by atoms with Crippen LogP contribution in [0.3, 0.4) is 0 Å². The average molecular weight is 397 g/mol. The zero-order valence-corrected chi connectivity index (χ0v) is 19.2. The van der Waals surface area contributed by atoms with Crippen LogP contribution < -0.4 is 15.4 Å². The molecular formula is C22H44N4O2. The molecule has 6 nitrogen and oxygen atoms in total. The molecule has 0 bridgehead atoms. The number of morpholine rings is 1. The van der Waals surface area contributed by atoms with E-state index in [1.807, 2.05) is 19.9 Å². The third-order valence-corrected chi connectivity index (χ3v) is 3.88. The largest absolute Gasteiger partial charge is 0.476 e. The first kappa shape index (κ1) is 26.5. The number of pyridine rings is 1. The predicted molar refractivity (Wildman–Crippen MR) is 122 cm³/mol. The molecule has 164 valence electrons. The SMILES string of the molecule is CC.CCC.CCCN(CCC)c1cc(N)cc(OCCN2CCOCC2)n1. The van der Waals surface area contributed by atoms with Crippen molar-refractivity contribution < 1.29 is 9.47 Å². The molecule has 2 N–H and O–H groups in total. The average Bonchev–Trinajstić information content (AvgIpc) is 2.70. The standard InChI is InChI=1S/C17H30N4O2.C3H8.C2H6/c1-3-5-21(6-4-2)16-13-15(18)14-17(19-16)23-12-9-20-7-10-22-11-8-20;1-3-2;1-2/h13-14H,3-12H2,1-2H3,(H2,18,19);3H2,1-2H3;1-2H3. The van der Waals surface area contributed by atoms with Gasteiger partial charge in [0.05, 0.1) is 13.2 Å². The van der Waals surface area contributed by atoms with E-state index in [0.717, 1.165) is 64.6 Å². The van der Waals surface area contributed by atoms with Crippen molar-refractivity contribution in [2.45, 2.75) is 60.8 Å². The van der Waals surface area contributed by atoms with Crippen molar-refractivity contribution in [1.82, 2.24) is 9.88 Å². The normalized spacial score (nSPS) is 13.6. The van der Waals surface area contributed by atoms with Crippen LogP contribution in [0.2, 0.25) is 0 Å². The Labute approximate surface area is 173 Å². The van der Waals surface area contributed by atoms with Crippen molar-refractivity contribution in [3.05, 3.63) is 12.1 Å². The summed E-state index contributed by atoms with van der Waals surface area (Å²) in [5, 5.41) is 0. The van der Waals surface area contributed by atoms with Gasteiger partial charge < -0.3 is 20.1 Å². The maximum atomic E-state index is 6.03. The van der Waals surface area contributed by atoms with Crippen molar-refractivity contribution in [1.29, 1.82) is 0 Å². The summed E-state index contributed by atoms with van der Waals surface area (Å²) in [7, 11) is 0. The van der Waals surface area contributed by atoms with Crippen LogP contribution in [0.1, 0.15) is 60.8 Å². The Kier molecular flexibility index (Phi) is 16.6. The first-order chi connectivity index (χ1) is 13.6. The van der Waals surface area contributed by atoms with E-state index in [1.165, 1.54) is 6.42 Å². The van der Waals surface area contributed by atoms with Gasteiger partial charge in [-0.05, 0) is 12.8 Å². The second-order valence-electron chi connectivity index (χ2n) is 6.59. The van der Waals surface area contributed by atoms with Crippen LogP contribution in [-0.2, 0) is 4.74 Å². The number of rotatable bonds is 9. The van der Waals surface area contributed by atoms with Gasteiger partial charge in [-0.25, -0.2) is 0 Å². The second-order valence-corrected chi connectivity index (χ2v) is 6.59. The van der Waals surface area contributed by atoms with E-state index < -0.39 is 0 Å². The van der Waals surface area contributed by atoms with Crippen LogP contribution in [-0.4, -0.2) is 62.4 Å². The number of nitrogens with two attached hydrogens (primary N) is 1. The number of hydrogen-bond donors (Lipinski definition) is 1. The molecular weight excluding hydrogens is 352 g/mol. The highest BCUT2D eigenvalue weighted by molar-refractivity contribution is 5.53. The molecule has 0 saturated carbocycles. The van der Waals surface area contributed by atoms with Crippen LogP contribution in [0.5, 0.6) is 5.88 Å². The molecule has 1 aliphatic rings. The van der Waals surface area contributed by atoms with Gasteiger partial charge in [0.2, 0.25) is 5.88 Å². The van der Waals surface area contributed by atoms with Crippen LogP contribution in [0.4, 0.5) is 11.5 Å². The molecule has 2 heterocycles. The maximum Gasteiger partial charge on any atom is 0.217 e. The van der Waals surface area contributed by atoms with E-state index in [1.54, 1.807) is 6.07 Å². The van der Waals surface area contributed by atoms with Gasteiger partial charge in [0.1, 0.15) is 12.4 Å². The van der Waals surface area contributed by atoms with Gasteiger partial charge in [-0.3, -0.25) is 4.90 Å². The molecule has 0 amide bonds. The van der Waals surface area contributed by atoms with Gasteiger partial charge in [-0.2, -0.15) is 4.98 Å². The number of nitrogens with zero attached hydrogens (tertiary/aromatic N) is 3. The van der Waals surface area contributed by atoms with E-state index in [-0.39, 0.29) is 0 Å². The van der Waals surface area contributed by atoms with E-state index in [2.05, 4.69) is 42.5 Å². The molecule has 1 aromatic heterocycles. The number of ether oxygens (including phenoxy) is 2. The molecule has 1 saturated heterocycles. The summed E-state index contributed by atoms with van der Waals surface area (Å²) in [6.07, 6.45) is 3.42. The molecule has 0 aliphatic carbocycles. The van der Waals surface area contributed by atoms with E-state index >= 15 is 0 Å². The summed E-state index contributed by atoms with van der Waals surface area (Å²) in [5.74, 6) is 1.53. The Morgan fingerprint density at radius 2 is 1.64 bits per heavy atom. The molecule has 0 unspecified atom stereocenters. The molecule has 0 atom stereocenters. The van der Waals surface area contributed by atoms with E-state index in [4.69, 9.17) is 15.2 Å². The van der Waals surface area contributed by atoms with Gasteiger partial charge in [-0.1, -0.05) is 48.0 Å². The minimum atomic E-state index is 0.616. The predicted octanol–water partition coefficient (Wildman–Crippen LogP) is 4.44. The van der Waals surface area contributed by atoms with Gasteiger partial charge in [-0.15, -0.1) is 0 Å². The minimum Gasteiger partial charge on any atom is -0.476 e. The fourth-order valence-electron chi connectivity index (χ4n) is 2.73. The Morgan fingerprint density at radius 3 is 2.18 bits per heavy atom. The molecule has 0 aromatic carbocycles. The highest BCUT2D eigenvalue weighted by Crippen LogP contribution is 2.21. The first-order valence-corrected chi connectivity index (χ1v) is 11.1. The van der Waals surface area contributed by atoms with Gasteiger partial charge >= 0.3 is 0 Å². The molecule has 1 aliphatic heterocycles. The Balaban J connectivity index is 0.00000133. The number of anilines is 2. The Hall–Kier alpha value is -1.53. The lowest BCUT2D eigenvalue weighted by molar-refractivity contribution is 0.0320. The minimum absolute atomic E-state index is 0.616. The summed E-state index contributed by atoms with van der Waals surface area (Å²) in [6, 6.07) is 3.74. The van der Waals surface area contributed by atoms with Gasteiger partial charge in [0.15, 0.2) is 0 Å². The monoisotopic (exact) mass is 396 g/mol. The van der Waals surface area contributed by atoms with Gasteiger partial charge in [0, 0.05) is 50.5 Å². The lowest BCUT2D eigenvalue weighted by Gasteiger charge is -2.26. The van der Waals surface area contributed by atoms with Crippen LogP contribution in [0.25, 0.3) is 0 Å². The summed E-state index contributed by atoms with van der Waals surface area (Å²) < 4.78 is 11.2. The van der Waals surface area contributed by atoms with Gasteiger partial charge in [0.25, 0.3) is 0 Å². The van der Waals surface area contributed by atoms with Crippen molar-refractivity contribution in [3.63, 3.8) is 0 Å². The summed E-state index contributed by atoms with van der Waals surface area (Å²) in [4.78, 5) is 9.25. The fourth-order valence-corrected chi connectivity index (χ4v) is 2.73. The van der Waals surface area contributed by atoms with Crippen molar-refractivity contribution >= 4 is 11.5 Å². The topological polar surface area (TPSA) is 63.8 Å². The van der Waals surface area contributed by atoms with Crippen molar-refractivity contribution in [3.8, 4) is 5.88 Å². The molecule has 6 heteroatoms. The Morgan fingerprint density at radius 1 is 1.07 bits per heavy atom. The van der Waals surface area contributed by atoms with E-state index in [9.17, 15) is 0 Å². The van der Waals surface area contributed by atoms with Crippen LogP contribution in [0, 0.1) is 0 Å². The van der Waals surface area contributed by atoms with Crippen LogP contribution >= 0.6 is 0 Å². The number of hydrogen-bond acceptors (Lipinski definition) is 6. The summed E-state index contributed by atoms with van der Waals surface area (Å²) >= 11 is 0. The Bertz CT molecular complexity index is 474. The number of nitrogen functional groups attached to an aromatic ring is 1. The number of aromatic nitrogens is 1. The smallest absolute Gasteiger partial charge is 0.217 e. The van der Waals surface area contributed by atoms with Crippen LogP contribution in [0.15, 0.2) is 12.1 Å². The third-order valence-electron chi connectivity index (χ3n) is 3.88. The highest BCUT2D eigenvalue weighted by Gasteiger charge is 2.12. The molecule has 0 spiro atoms. The molecule has 1 aromatic rings. The maximum absolute atomic E-state index is 6.03. The zero-order chi connectivity index (χ0) is 21.2. The lowest BCUT2D eigenvalue weighted by atomic mass is 10.3. The third kappa shape index (κ3) is 11.3. The molecule has 0 radical (unpaired) electrons.